The summed E-state index contributed by atoms with van der Waals surface area (Å²) in [6, 6.07) is 25.1. The highest BCUT2D eigenvalue weighted by atomic mass is 28.4. The monoisotopic (exact) mass is 902 g/mol. The van der Waals surface area contributed by atoms with Crippen LogP contribution in [0.15, 0.2) is 72.8 Å². The lowest BCUT2D eigenvalue weighted by molar-refractivity contribution is 0.293. The van der Waals surface area contributed by atoms with Crippen LogP contribution in [0.4, 0.5) is 0 Å². The van der Waals surface area contributed by atoms with Crippen molar-refractivity contribution in [1.29, 1.82) is 0 Å². The molecule has 2 aromatic heterocycles. The van der Waals surface area contributed by atoms with Gasteiger partial charge in [0.2, 0.25) is 0 Å². The number of rotatable bonds is 16. The van der Waals surface area contributed by atoms with Gasteiger partial charge in [0.1, 0.15) is 44.9 Å². The number of fused-ring (bicyclic) bond motifs is 2. The van der Waals surface area contributed by atoms with Gasteiger partial charge in [-0.15, -0.1) is 30.0 Å². The number of phenolic OH excluding ortho intramolecular Hbond substituents is 2. The van der Waals surface area contributed by atoms with Gasteiger partial charge in [-0.25, -0.2) is 0 Å². The molecule has 4 aromatic carbocycles. The summed E-state index contributed by atoms with van der Waals surface area (Å²) in [5, 5.41) is 40.2. The normalized spacial score (nSPS) is 15.0. The maximum Gasteiger partial charge on any atom is 0.324 e. The van der Waals surface area contributed by atoms with Crippen LogP contribution >= 0.6 is 0 Å². The minimum Gasteiger partial charge on any atom is -0.505 e. The first kappa shape index (κ1) is 49.6. The molecule has 61 heavy (non-hydrogen) atoms. The molecule has 0 aliphatic carbocycles. The summed E-state index contributed by atoms with van der Waals surface area (Å²) in [4.78, 5) is 3.06. The molecule has 332 valence electrons. The molecule has 0 fully saturated rings. The molecule has 4 unspecified atom stereocenters. The Kier molecular flexibility index (Phi) is 16.3. The molecule has 0 saturated heterocycles. The number of benzene rings is 4. The summed E-state index contributed by atoms with van der Waals surface area (Å²) >= 11 is 0. The van der Waals surface area contributed by atoms with Crippen molar-refractivity contribution in [3.8, 4) is 22.9 Å². The minimum atomic E-state index is -2.26. The minimum absolute atomic E-state index is 0. The standard InChI is InChI=1S/2C22H33N3O3Si2.CH4/c2*1-16-12-18(13-17(2)15-30(7,27-3)28-29(4,5)6)22(26)21(14-16)25-23-19-10-8-9-11-20(19)24-25;/h2*8-12,14,17,26H,13,15H2,1-7H3;1H4. The zero-order chi connectivity index (χ0) is 44.2. The van der Waals surface area contributed by atoms with E-state index in [9.17, 15) is 10.2 Å². The first-order chi connectivity index (χ1) is 28.0. The molecule has 0 aliphatic rings. The van der Waals surface area contributed by atoms with Gasteiger partial charge in [-0.1, -0.05) is 57.7 Å². The summed E-state index contributed by atoms with van der Waals surface area (Å²) in [6.45, 7) is 25.9. The van der Waals surface area contributed by atoms with Gasteiger partial charge in [-0.05, 0) is 162 Å². The van der Waals surface area contributed by atoms with Crippen molar-refractivity contribution in [1.82, 2.24) is 30.0 Å². The highest BCUT2D eigenvalue weighted by molar-refractivity contribution is 6.82. The second-order valence-corrected chi connectivity index (χ2v) is 34.9. The lowest BCUT2D eigenvalue weighted by Gasteiger charge is -2.34. The first-order valence-electron chi connectivity index (χ1n) is 20.8. The van der Waals surface area contributed by atoms with Crippen molar-refractivity contribution in [2.75, 3.05) is 14.2 Å². The average Bonchev–Trinajstić information content (AvgIpc) is 3.78. The summed E-state index contributed by atoms with van der Waals surface area (Å²) in [6.07, 6.45) is 1.48. The summed E-state index contributed by atoms with van der Waals surface area (Å²) < 4.78 is 24.6. The lowest BCUT2D eigenvalue weighted by atomic mass is 9.99. The van der Waals surface area contributed by atoms with Gasteiger partial charge in [0.25, 0.3) is 0 Å². The largest absolute Gasteiger partial charge is 0.505 e. The fraction of sp³-hybridized carbons (Fsp3) is 0.467. The Morgan fingerprint density at radius 1 is 0.541 bits per heavy atom. The van der Waals surface area contributed by atoms with Crippen LogP contribution in [0, 0.1) is 25.7 Å². The number of aromatic nitrogens is 6. The van der Waals surface area contributed by atoms with E-state index in [4.69, 9.17) is 17.1 Å². The van der Waals surface area contributed by atoms with Crippen molar-refractivity contribution in [3.63, 3.8) is 0 Å². The maximum absolute atomic E-state index is 11.0. The van der Waals surface area contributed by atoms with E-state index in [0.29, 0.717) is 23.2 Å². The number of hydrogen-bond acceptors (Lipinski definition) is 10. The molecular formula is C45H70N6O6Si4. The van der Waals surface area contributed by atoms with Crippen molar-refractivity contribution < 1.29 is 27.3 Å². The van der Waals surface area contributed by atoms with Crippen LogP contribution in [0.1, 0.15) is 43.5 Å². The lowest BCUT2D eigenvalue weighted by Crippen LogP contribution is -2.47. The van der Waals surface area contributed by atoms with E-state index in [0.717, 1.165) is 69.3 Å². The van der Waals surface area contributed by atoms with E-state index in [2.05, 4.69) is 86.6 Å². The molecule has 0 radical (unpaired) electrons. The maximum atomic E-state index is 11.0. The third-order valence-electron chi connectivity index (χ3n) is 10.1. The number of phenols is 2. The van der Waals surface area contributed by atoms with Crippen LogP contribution in [0.2, 0.25) is 64.5 Å². The van der Waals surface area contributed by atoms with Crippen LogP contribution in [-0.4, -0.2) is 88.2 Å². The fourth-order valence-electron chi connectivity index (χ4n) is 8.01. The predicted octanol–water partition coefficient (Wildman–Crippen LogP) is 11.0. The molecule has 0 aliphatic heterocycles. The van der Waals surface area contributed by atoms with Crippen LogP contribution in [-0.2, 0) is 29.9 Å². The van der Waals surface area contributed by atoms with E-state index >= 15 is 0 Å². The number of aromatic hydroxyl groups is 2. The predicted molar refractivity (Wildman–Crippen MR) is 259 cm³/mol. The van der Waals surface area contributed by atoms with Gasteiger partial charge < -0.3 is 27.3 Å². The topological polar surface area (TPSA) is 139 Å². The van der Waals surface area contributed by atoms with Gasteiger partial charge in [-0.2, -0.15) is 0 Å². The van der Waals surface area contributed by atoms with Gasteiger partial charge >= 0.3 is 17.1 Å². The summed E-state index contributed by atoms with van der Waals surface area (Å²) in [5.41, 5.74) is 8.37. The molecule has 16 heteroatoms. The third kappa shape index (κ3) is 13.5. The molecule has 0 saturated carbocycles. The van der Waals surface area contributed by atoms with Crippen molar-refractivity contribution in [2.45, 2.75) is 112 Å². The summed E-state index contributed by atoms with van der Waals surface area (Å²) in [5.74, 6) is 1.09. The molecule has 4 atom stereocenters. The molecule has 0 amide bonds. The Hall–Kier alpha value is -4.01. The van der Waals surface area contributed by atoms with Crippen LogP contribution in [0.5, 0.6) is 11.5 Å². The van der Waals surface area contributed by atoms with E-state index in [1.54, 1.807) is 14.2 Å². The van der Waals surface area contributed by atoms with Crippen molar-refractivity contribution >= 4 is 55.8 Å². The molecular weight excluding hydrogens is 833 g/mol. The van der Waals surface area contributed by atoms with E-state index < -0.39 is 33.8 Å². The van der Waals surface area contributed by atoms with Gasteiger partial charge in [-0.3, -0.25) is 0 Å². The highest BCUT2D eigenvalue weighted by Crippen LogP contribution is 2.34. The number of aryl methyl sites for hydroxylation is 2. The second kappa shape index (κ2) is 20.0. The van der Waals surface area contributed by atoms with Crippen molar-refractivity contribution in [3.05, 3.63) is 95.1 Å². The first-order valence-corrected chi connectivity index (χ1v) is 32.7. The average molecular weight is 903 g/mol. The van der Waals surface area contributed by atoms with E-state index in [-0.39, 0.29) is 18.9 Å². The fourth-order valence-corrected chi connectivity index (χ4v) is 22.9. The van der Waals surface area contributed by atoms with Gasteiger partial charge in [0.15, 0.2) is 16.6 Å². The van der Waals surface area contributed by atoms with Crippen LogP contribution in [0.25, 0.3) is 33.4 Å². The molecule has 12 nitrogen and oxygen atoms in total. The molecule has 6 rings (SSSR count). The smallest absolute Gasteiger partial charge is 0.324 e. The zero-order valence-electron chi connectivity index (χ0n) is 38.1. The second-order valence-electron chi connectivity index (χ2n) is 18.7. The van der Waals surface area contributed by atoms with Crippen molar-refractivity contribution in [2.24, 2.45) is 11.8 Å². The Morgan fingerprint density at radius 3 is 1.10 bits per heavy atom. The summed E-state index contributed by atoms with van der Waals surface area (Å²) in [7, 11) is -4.38. The molecule has 2 N–H and O–H groups in total. The van der Waals surface area contributed by atoms with Gasteiger partial charge in [0.05, 0.1) is 0 Å². The molecule has 0 spiro atoms. The van der Waals surface area contributed by atoms with E-state index in [1.807, 2.05) is 86.6 Å². The van der Waals surface area contributed by atoms with Crippen LogP contribution in [0.3, 0.4) is 0 Å². The molecule has 6 aromatic rings. The Balaban J connectivity index is 0.000000264. The third-order valence-corrected chi connectivity index (χ3v) is 23.1. The quantitative estimate of drug-likeness (QED) is 0.0903. The number of nitrogens with zero attached hydrogens (tertiary/aromatic N) is 6. The Bertz CT molecular complexity index is 2160. The SMILES string of the molecule is C.CO[Si](C)(CC(C)Cc1cc(C)cc(-n2nc3ccccc3n2)c1O)O[Si](C)(C)C.CO[Si](C)(CC(C)Cc1cc(C)cc(-n2nc3ccccc3n2)c1O)O[Si](C)(C)C. The number of hydrogen-bond donors (Lipinski definition) is 2. The highest BCUT2D eigenvalue weighted by Gasteiger charge is 2.38. The van der Waals surface area contributed by atoms with E-state index in [1.165, 1.54) is 9.59 Å². The Labute approximate surface area is 368 Å². The Morgan fingerprint density at radius 2 is 0.836 bits per heavy atom. The zero-order valence-corrected chi connectivity index (χ0v) is 42.1. The molecule has 0 bridgehead atoms. The van der Waals surface area contributed by atoms with Crippen LogP contribution < -0.4 is 0 Å². The molecule has 2 heterocycles. The van der Waals surface area contributed by atoms with Gasteiger partial charge in [0, 0.05) is 14.2 Å².